The second kappa shape index (κ2) is 4.40. The summed E-state index contributed by atoms with van der Waals surface area (Å²) in [6.07, 6.45) is 0. The molecule has 2 atom stereocenters. The number of anilines is 1. The summed E-state index contributed by atoms with van der Waals surface area (Å²) < 4.78 is 0. The Kier molecular flexibility index (Phi) is 2.87. The summed E-state index contributed by atoms with van der Waals surface area (Å²) in [6.45, 7) is 4.56. The van der Waals surface area contributed by atoms with Crippen LogP contribution in [0.15, 0.2) is 48.5 Å². The monoisotopic (exact) mass is 255 g/mol. The van der Waals surface area contributed by atoms with Crippen molar-refractivity contribution in [1.82, 2.24) is 0 Å². The number of fused-ring (bicyclic) bond motifs is 1. The Morgan fingerprint density at radius 1 is 1.06 bits per heavy atom. The Morgan fingerprint density at radius 3 is 2.50 bits per heavy atom. The molecule has 0 saturated carbocycles. The zero-order valence-electron chi connectivity index (χ0n) is 11.1. The van der Waals surface area contributed by atoms with Crippen molar-refractivity contribution in [2.24, 2.45) is 0 Å². The van der Waals surface area contributed by atoms with Crippen LogP contribution in [0.4, 0.5) is 5.69 Å². The third-order valence-electron chi connectivity index (χ3n) is 3.72. The van der Waals surface area contributed by atoms with Crippen LogP contribution in [-0.4, -0.2) is 13.7 Å². The van der Waals surface area contributed by atoms with Gasteiger partial charge in [-0.25, -0.2) is 0 Å². The van der Waals surface area contributed by atoms with Crippen molar-refractivity contribution in [2.45, 2.75) is 12.7 Å². The SMILES string of the molecule is Cc1ccc2c(c1)N(C)C(c1ccccc1)P2C. The molecule has 2 unspecified atom stereocenters. The van der Waals surface area contributed by atoms with Gasteiger partial charge in [0.05, 0.1) is 5.78 Å². The summed E-state index contributed by atoms with van der Waals surface area (Å²) in [5.41, 5.74) is 4.19. The van der Waals surface area contributed by atoms with Gasteiger partial charge in [-0.15, -0.1) is 0 Å². The highest BCUT2D eigenvalue weighted by Gasteiger charge is 2.33. The fraction of sp³-hybridized carbons (Fsp3) is 0.250. The summed E-state index contributed by atoms with van der Waals surface area (Å²) in [5, 5.41) is 1.53. The lowest BCUT2D eigenvalue weighted by Crippen LogP contribution is -2.17. The predicted octanol–water partition coefficient (Wildman–Crippen LogP) is 3.88. The van der Waals surface area contributed by atoms with Crippen molar-refractivity contribution in [2.75, 3.05) is 18.6 Å². The molecule has 18 heavy (non-hydrogen) atoms. The number of nitrogens with zero attached hydrogens (tertiary/aromatic N) is 1. The van der Waals surface area contributed by atoms with Crippen molar-refractivity contribution in [3.63, 3.8) is 0 Å². The van der Waals surface area contributed by atoms with E-state index in [0.29, 0.717) is 5.78 Å². The van der Waals surface area contributed by atoms with Gasteiger partial charge in [0.15, 0.2) is 0 Å². The normalized spacial score (nSPS) is 22.1. The molecule has 0 fully saturated rings. The first-order valence-electron chi connectivity index (χ1n) is 6.30. The van der Waals surface area contributed by atoms with Crippen LogP contribution < -0.4 is 10.2 Å². The van der Waals surface area contributed by atoms with E-state index >= 15 is 0 Å². The molecule has 2 aromatic rings. The second-order valence-electron chi connectivity index (χ2n) is 5.00. The zero-order valence-corrected chi connectivity index (χ0v) is 12.0. The molecular weight excluding hydrogens is 237 g/mol. The third-order valence-corrected chi connectivity index (χ3v) is 6.24. The smallest absolute Gasteiger partial charge is 0.0774 e. The van der Waals surface area contributed by atoms with E-state index in [0.717, 1.165) is 0 Å². The molecule has 0 saturated heterocycles. The second-order valence-corrected chi connectivity index (χ2v) is 7.19. The van der Waals surface area contributed by atoms with Gasteiger partial charge in [-0.1, -0.05) is 42.5 Å². The fourth-order valence-electron chi connectivity index (χ4n) is 2.81. The number of aryl methyl sites for hydroxylation is 1. The minimum Gasteiger partial charge on any atom is -0.363 e. The molecule has 0 spiro atoms. The van der Waals surface area contributed by atoms with Gasteiger partial charge in [-0.05, 0) is 38.7 Å². The summed E-state index contributed by atoms with van der Waals surface area (Å²) in [6, 6.07) is 17.7. The third kappa shape index (κ3) is 1.74. The lowest BCUT2D eigenvalue weighted by atomic mass is 10.2. The largest absolute Gasteiger partial charge is 0.363 e. The van der Waals surface area contributed by atoms with E-state index in [4.69, 9.17) is 0 Å². The first kappa shape index (κ1) is 11.7. The van der Waals surface area contributed by atoms with E-state index in [1.54, 1.807) is 0 Å². The predicted molar refractivity (Wildman–Crippen MR) is 81.2 cm³/mol. The minimum atomic E-state index is -0.146. The fourth-order valence-corrected chi connectivity index (χ4v) is 5.23. The average Bonchev–Trinajstić information content (AvgIpc) is 2.63. The zero-order chi connectivity index (χ0) is 12.7. The van der Waals surface area contributed by atoms with Crippen molar-refractivity contribution in [1.29, 1.82) is 0 Å². The molecule has 0 aliphatic carbocycles. The van der Waals surface area contributed by atoms with Crippen molar-refractivity contribution < 1.29 is 0 Å². The molecule has 1 heterocycles. The molecule has 1 nitrogen and oxygen atoms in total. The summed E-state index contributed by atoms with van der Waals surface area (Å²) in [5.74, 6) is 0.526. The van der Waals surface area contributed by atoms with E-state index in [9.17, 15) is 0 Å². The van der Waals surface area contributed by atoms with E-state index in [-0.39, 0.29) is 7.92 Å². The van der Waals surface area contributed by atoms with Gasteiger partial charge in [0.2, 0.25) is 0 Å². The molecule has 0 aromatic heterocycles. The van der Waals surface area contributed by atoms with Gasteiger partial charge in [0, 0.05) is 18.0 Å². The molecule has 0 N–H and O–H groups in total. The Labute approximate surface area is 110 Å². The Balaban J connectivity index is 2.07. The van der Waals surface area contributed by atoms with E-state index < -0.39 is 0 Å². The van der Waals surface area contributed by atoms with Crippen LogP contribution in [-0.2, 0) is 0 Å². The summed E-state index contributed by atoms with van der Waals surface area (Å²) in [4.78, 5) is 2.45. The van der Waals surface area contributed by atoms with Crippen LogP contribution >= 0.6 is 7.92 Å². The maximum absolute atomic E-state index is 2.45. The molecule has 1 aliphatic rings. The van der Waals surface area contributed by atoms with Crippen LogP contribution in [0.2, 0.25) is 0 Å². The van der Waals surface area contributed by atoms with E-state index in [1.165, 1.54) is 22.1 Å². The molecule has 2 heteroatoms. The highest BCUT2D eigenvalue weighted by atomic mass is 31.1. The topological polar surface area (TPSA) is 3.24 Å². The van der Waals surface area contributed by atoms with E-state index in [2.05, 4.69) is 74.1 Å². The Morgan fingerprint density at radius 2 is 1.78 bits per heavy atom. The van der Waals surface area contributed by atoms with Crippen LogP contribution in [0.3, 0.4) is 0 Å². The van der Waals surface area contributed by atoms with Crippen molar-refractivity contribution in [3.05, 3.63) is 59.7 Å². The number of rotatable bonds is 1. The van der Waals surface area contributed by atoms with Gasteiger partial charge in [0.1, 0.15) is 0 Å². The van der Waals surface area contributed by atoms with Crippen LogP contribution in [0.25, 0.3) is 0 Å². The summed E-state index contributed by atoms with van der Waals surface area (Å²) in [7, 11) is 2.08. The van der Waals surface area contributed by atoms with Crippen molar-refractivity contribution in [3.8, 4) is 0 Å². The molecule has 0 amide bonds. The van der Waals surface area contributed by atoms with Gasteiger partial charge < -0.3 is 4.90 Å². The van der Waals surface area contributed by atoms with Crippen LogP contribution in [0.1, 0.15) is 16.9 Å². The first-order valence-corrected chi connectivity index (χ1v) is 8.15. The molecular formula is C16H18NP. The van der Waals surface area contributed by atoms with Gasteiger partial charge in [-0.3, -0.25) is 0 Å². The molecule has 2 aromatic carbocycles. The standard InChI is InChI=1S/C16H18NP/c1-12-9-10-15-14(11-12)17(2)16(18(15)3)13-7-5-4-6-8-13/h4-11,16H,1-3H3. The lowest BCUT2D eigenvalue weighted by molar-refractivity contribution is 0.906. The Hall–Kier alpha value is -1.33. The molecule has 3 rings (SSSR count). The Bertz CT molecular complexity index is 565. The molecule has 92 valence electrons. The van der Waals surface area contributed by atoms with Gasteiger partial charge in [0.25, 0.3) is 0 Å². The van der Waals surface area contributed by atoms with Crippen LogP contribution in [0, 0.1) is 6.92 Å². The number of hydrogen-bond acceptors (Lipinski definition) is 1. The molecule has 1 aliphatic heterocycles. The molecule has 0 bridgehead atoms. The van der Waals surface area contributed by atoms with Crippen LogP contribution in [0.5, 0.6) is 0 Å². The number of benzene rings is 2. The quantitative estimate of drug-likeness (QED) is 0.699. The minimum absolute atomic E-state index is 0.146. The maximum atomic E-state index is 2.45. The lowest BCUT2D eigenvalue weighted by Gasteiger charge is -2.25. The molecule has 0 radical (unpaired) electrons. The maximum Gasteiger partial charge on any atom is 0.0774 e. The first-order chi connectivity index (χ1) is 8.68. The highest BCUT2D eigenvalue weighted by molar-refractivity contribution is 7.66. The van der Waals surface area contributed by atoms with Crippen molar-refractivity contribution >= 4 is 18.9 Å². The van der Waals surface area contributed by atoms with E-state index in [1.807, 2.05) is 0 Å². The number of hydrogen-bond donors (Lipinski definition) is 0. The average molecular weight is 255 g/mol. The summed E-state index contributed by atoms with van der Waals surface area (Å²) >= 11 is 0. The van der Waals surface area contributed by atoms with Gasteiger partial charge in [-0.2, -0.15) is 0 Å². The highest BCUT2D eigenvalue weighted by Crippen LogP contribution is 2.56. The van der Waals surface area contributed by atoms with Gasteiger partial charge >= 0.3 is 0 Å².